The van der Waals surface area contributed by atoms with E-state index >= 15 is 0 Å². The number of thioether (sulfide) groups is 1. The quantitative estimate of drug-likeness (QED) is 0.775. The zero-order chi connectivity index (χ0) is 15.1. The van der Waals surface area contributed by atoms with E-state index in [1.54, 1.807) is 0 Å². The summed E-state index contributed by atoms with van der Waals surface area (Å²) in [7, 11) is 0. The van der Waals surface area contributed by atoms with Crippen molar-refractivity contribution in [1.82, 2.24) is 5.32 Å². The number of ether oxygens (including phenoxy) is 1. The lowest BCUT2D eigenvalue weighted by molar-refractivity contribution is 0.127. The van der Waals surface area contributed by atoms with Gasteiger partial charge >= 0.3 is 0 Å². The molecular formula is C17H27NO2S. The molecule has 2 rings (SSSR count). The summed E-state index contributed by atoms with van der Waals surface area (Å²) in [5, 5.41) is 14.2. The monoisotopic (exact) mass is 309 g/mol. The SMILES string of the molecule is CCCNC(CO)(CSC1CCOC1C)c1ccccc1. The highest BCUT2D eigenvalue weighted by Crippen LogP contribution is 2.32. The fourth-order valence-electron chi connectivity index (χ4n) is 2.73. The molecule has 1 fully saturated rings. The molecule has 4 heteroatoms. The molecule has 3 unspecified atom stereocenters. The third-order valence-corrected chi connectivity index (χ3v) is 5.87. The van der Waals surface area contributed by atoms with Gasteiger partial charge in [-0.2, -0.15) is 11.8 Å². The summed E-state index contributed by atoms with van der Waals surface area (Å²) in [5.41, 5.74) is 0.810. The summed E-state index contributed by atoms with van der Waals surface area (Å²) in [6.07, 6.45) is 2.48. The highest BCUT2D eigenvalue weighted by atomic mass is 32.2. The number of benzene rings is 1. The van der Waals surface area contributed by atoms with Crippen molar-refractivity contribution in [3.63, 3.8) is 0 Å². The van der Waals surface area contributed by atoms with Crippen LogP contribution in [0, 0.1) is 0 Å². The number of hydrogen-bond acceptors (Lipinski definition) is 4. The maximum atomic E-state index is 10.1. The summed E-state index contributed by atoms with van der Waals surface area (Å²) in [6, 6.07) is 10.3. The molecule has 0 bridgehead atoms. The molecule has 1 aromatic rings. The standard InChI is InChI=1S/C17H27NO2S/c1-3-10-18-17(12-19,15-7-5-4-6-8-15)13-21-16-9-11-20-14(16)2/h4-8,14,16,18-19H,3,9-13H2,1-2H3. The van der Waals surface area contributed by atoms with E-state index in [1.807, 2.05) is 30.0 Å². The van der Waals surface area contributed by atoms with Gasteiger partial charge in [0.25, 0.3) is 0 Å². The molecule has 2 N–H and O–H groups in total. The molecule has 1 aliphatic heterocycles. The molecule has 118 valence electrons. The van der Waals surface area contributed by atoms with Crippen molar-refractivity contribution in [2.24, 2.45) is 0 Å². The van der Waals surface area contributed by atoms with Crippen molar-refractivity contribution in [2.45, 2.75) is 43.6 Å². The van der Waals surface area contributed by atoms with Crippen molar-refractivity contribution in [3.8, 4) is 0 Å². The van der Waals surface area contributed by atoms with E-state index in [9.17, 15) is 5.11 Å². The van der Waals surface area contributed by atoms with Gasteiger partial charge in [-0.25, -0.2) is 0 Å². The number of aliphatic hydroxyl groups excluding tert-OH is 1. The minimum absolute atomic E-state index is 0.117. The van der Waals surface area contributed by atoms with Crippen molar-refractivity contribution in [1.29, 1.82) is 0 Å². The molecule has 0 amide bonds. The first-order valence-electron chi connectivity index (χ1n) is 7.86. The molecule has 1 heterocycles. The first-order chi connectivity index (χ1) is 10.2. The Balaban J connectivity index is 2.10. The van der Waals surface area contributed by atoms with Crippen LogP contribution in [-0.4, -0.2) is 42.0 Å². The number of rotatable bonds is 8. The number of nitrogens with one attached hydrogen (secondary N) is 1. The second kappa shape index (κ2) is 8.18. The van der Waals surface area contributed by atoms with Gasteiger partial charge in [-0.05, 0) is 31.9 Å². The van der Waals surface area contributed by atoms with Crippen LogP contribution in [0.3, 0.4) is 0 Å². The molecule has 0 saturated carbocycles. The summed E-state index contributed by atoms with van der Waals surface area (Å²) < 4.78 is 5.65. The Morgan fingerprint density at radius 1 is 1.38 bits per heavy atom. The van der Waals surface area contributed by atoms with Crippen LogP contribution < -0.4 is 5.32 Å². The molecule has 3 atom stereocenters. The molecular weight excluding hydrogens is 282 g/mol. The van der Waals surface area contributed by atoms with Crippen LogP contribution in [0.5, 0.6) is 0 Å². The van der Waals surface area contributed by atoms with E-state index in [0.717, 1.165) is 31.7 Å². The number of hydrogen-bond donors (Lipinski definition) is 2. The van der Waals surface area contributed by atoms with Crippen LogP contribution in [0.2, 0.25) is 0 Å². The summed E-state index contributed by atoms with van der Waals surface area (Å²) in [5.74, 6) is 0.867. The molecule has 0 radical (unpaired) electrons. The van der Waals surface area contributed by atoms with Gasteiger partial charge in [0.1, 0.15) is 0 Å². The van der Waals surface area contributed by atoms with Gasteiger partial charge in [-0.3, -0.25) is 0 Å². The minimum Gasteiger partial charge on any atom is -0.394 e. The molecule has 0 aromatic heterocycles. The Morgan fingerprint density at radius 3 is 2.71 bits per heavy atom. The Hall–Kier alpha value is -0.550. The molecule has 1 saturated heterocycles. The van der Waals surface area contributed by atoms with Crippen molar-refractivity contribution in [2.75, 3.05) is 25.5 Å². The Morgan fingerprint density at radius 2 is 2.14 bits per heavy atom. The predicted octanol–water partition coefficient (Wildman–Crippen LogP) is 2.78. The molecule has 3 nitrogen and oxygen atoms in total. The first-order valence-corrected chi connectivity index (χ1v) is 8.91. The van der Waals surface area contributed by atoms with Gasteiger partial charge in [0.15, 0.2) is 0 Å². The maximum Gasteiger partial charge on any atom is 0.0760 e. The maximum absolute atomic E-state index is 10.1. The van der Waals surface area contributed by atoms with E-state index in [0.29, 0.717) is 11.4 Å². The molecule has 1 aromatic carbocycles. The normalized spacial score (nSPS) is 24.9. The largest absolute Gasteiger partial charge is 0.394 e. The second-order valence-electron chi connectivity index (χ2n) is 5.75. The summed E-state index contributed by atoms with van der Waals surface area (Å²) in [6.45, 7) is 6.19. The summed E-state index contributed by atoms with van der Waals surface area (Å²) >= 11 is 1.92. The van der Waals surface area contributed by atoms with Gasteiger partial charge < -0.3 is 15.2 Å². The van der Waals surface area contributed by atoms with Crippen LogP contribution in [0.4, 0.5) is 0 Å². The van der Waals surface area contributed by atoms with E-state index in [4.69, 9.17) is 4.74 Å². The van der Waals surface area contributed by atoms with Crippen molar-refractivity contribution >= 4 is 11.8 Å². The highest BCUT2D eigenvalue weighted by molar-refractivity contribution is 8.00. The lowest BCUT2D eigenvalue weighted by Gasteiger charge is -2.34. The smallest absolute Gasteiger partial charge is 0.0760 e. The lowest BCUT2D eigenvalue weighted by atomic mass is 9.92. The van der Waals surface area contributed by atoms with Gasteiger partial charge in [0.2, 0.25) is 0 Å². The Kier molecular flexibility index (Phi) is 6.55. The average molecular weight is 309 g/mol. The van der Waals surface area contributed by atoms with Crippen molar-refractivity contribution in [3.05, 3.63) is 35.9 Å². The van der Waals surface area contributed by atoms with E-state index in [-0.39, 0.29) is 12.1 Å². The van der Waals surface area contributed by atoms with Gasteiger partial charge in [0, 0.05) is 17.6 Å². The van der Waals surface area contributed by atoms with Crippen LogP contribution in [0.25, 0.3) is 0 Å². The Labute approximate surface area is 132 Å². The van der Waals surface area contributed by atoms with Crippen LogP contribution in [-0.2, 0) is 10.3 Å². The van der Waals surface area contributed by atoms with Crippen molar-refractivity contribution < 1.29 is 9.84 Å². The minimum atomic E-state index is -0.357. The van der Waals surface area contributed by atoms with Gasteiger partial charge in [0.05, 0.1) is 18.2 Å². The van der Waals surface area contributed by atoms with Crippen LogP contribution in [0.1, 0.15) is 32.3 Å². The third kappa shape index (κ3) is 4.22. The Bertz CT molecular complexity index is 415. The van der Waals surface area contributed by atoms with E-state index < -0.39 is 0 Å². The average Bonchev–Trinajstić information content (AvgIpc) is 2.94. The van der Waals surface area contributed by atoms with E-state index in [1.165, 1.54) is 5.56 Å². The lowest BCUT2D eigenvalue weighted by Crippen LogP contribution is -2.48. The molecule has 0 spiro atoms. The zero-order valence-corrected chi connectivity index (χ0v) is 13.9. The van der Waals surface area contributed by atoms with E-state index in [2.05, 4.69) is 31.3 Å². The van der Waals surface area contributed by atoms with Crippen LogP contribution >= 0.6 is 11.8 Å². The molecule has 1 aliphatic rings. The first kappa shape index (κ1) is 16.8. The number of aliphatic hydroxyl groups is 1. The topological polar surface area (TPSA) is 41.5 Å². The zero-order valence-electron chi connectivity index (χ0n) is 13.0. The fourth-order valence-corrected chi connectivity index (χ4v) is 4.20. The van der Waals surface area contributed by atoms with Gasteiger partial charge in [-0.15, -0.1) is 0 Å². The molecule has 21 heavy (non-hydrogen) atoms. The molecule has 0 aliphatic carbocycles. The highest BCUT2D eigenvalue weighted by Gasteiger charge is 2.34. The predicted molar refractivity (Wildman–Crippen MR) is 89.8 cm³/mol. The van der Waals surface area contributed by atoms with Crippen LogP contribution in [0.15, 0.2) is 30.3 Å². The van der Waals surface area contributed by atoms with Gasteiger partial charge in [-0.1, -0.05) is 37.3 Å². The summed E-state index contributed by atoms with van der Waals surface area (Å²) in [4.78, 5) is 0. The second-order valence-corrected chi connectivity index (χ2v) is 6.97. The third-order valence-electron chi connectivity index (χ3n) is 4.16. The fraction of sp³-hybridized carbons (Fsp3) is 0.647.